The highest BCUT2D eigenvalue weighted by Gasteiger charge is 2.21. The van der Waals surface area contributed by atoms with Gasteiger partial charge in [-0.2, -0.15) is 13.9 Å². The zero-order valence-electron chi connectivity index (χ0n) is 15.3. The van der Waals surface area contributed by atoms with Gasteiger partial charge in [-0.3, -0.25) is 5.11 Å². The molecule has 2 aromatic carbocycles. The Balaban J connectivity index is 1.79. The van der Waals surface area contributed by atoms with Crippen molar-refractivity contribution in [2.24, 2.45) is 0 Å². The number of nitrogens with zero attached hydrogens (tertiary/aromatic N) is 3. The molecule has 2 heterocycles. The zero-order chi connectivity index (χ0) is 20.5. The molecule has 0 unspecified atom stereocenters. The maximum atomic E-state index is 13.0. The summed E-state index contributed by atoms with van der Waals surface area (Å²) in [6, 6.07) is 12.0. The maximum Gasteiger partial charge on any atom is 0.388 e. The Hall–Kier alpha value is -3.19. The van der Waals surface area contributed by atoms with Crippen LogP contribution in [0.3, 0.4) is 0 Å². The Labute approximate surface area is 170 Å². The van der Waals surface area contributed by atoms with Crippen molar-refractivity contribution in [2.75, 3.05) is 0 Å². The van der Waals surface area contributed by atoms with E-state index in [9.17, 15) is 13.9 Å². The summed E-state index contributed by atoms with van der Waals surface area (Å²) in [5.41, 5.74) is 2.81. The molecule has 0 saturated carbocycles. The van der Waals surface area contributed by atoms with Crippen LogP contribution in [0.2, 0.25) is 5.02 Å². The Morgan fingerprint density at radius 2 is 1.93 bits per heavy atom. The molecule has 0 N–H and O–H groups in total. The van der Waals surface area contributed by atoms with Crippen LogP contribution in [0, 0.1) is 6.92 Å². The smallest absolute Gasteiger partial charge is 0.388 e. The number of hydrogen-bond acceptors (Lipinski definition) is 3. The Morgan fingerprint density at radius 1 is 1.17 bits per heavy atom. The van der Waals surface area contributed by atoms with Crippen LogP contribution in [0.4, 0.5) is 8.78 Å². The largest absolute Gasteiger partial charge is 0.417 e. The van der Waals surface area contributed by atoms with Crippen molar-refractivity contribution >= 4 is 22.5 Å². The predicted octanol–water partition coefficient (Wildman–Crippen LogP) is 5.72. The second kappa shape index (κ2) is 7.67. The molecule has 1 radical (unpaired) electrons. The van der Waals surface area contributed by atoms with Gasteiger partial charge in [0.05, 0.1) is 21.6 Å². The van der Waals surface area contributed by atoms with E-state index in [4.69, 9.17) is 11.6 Å². The monoisotopic (exact) mass is 414 g/mol. The van der Waals surface area contributed by atoms with Gasteiger partial charge < -0.3 is 4.74 Å². The van der Waals surface area contributed by atoms with Crippen LogP contribution in [0.15, 0.2) is 54.9 Å². The van der Waals surface area contributed by atoms with Gasteiger partial charge >= 0.3 is 6.61 Å². The van der Waals surface area contributed by atoms with Gasteiger partial charge in [0.15, 0.2) is 5.75 Å². The average molecular weight is 415 g/mol. The van der Waals surface area contributed by atoms with Crippen molar-refractivity contribution < 1.29 is 18.6 Å². The van der Waals surface area contributed by atoms with Crippen LogP contribution in [-0.2, 0) is 11.5 Å². The summed E-state index contributed by atoms with van der Waals surface area (Å²) in [7, 11) is 0. The third-order valence-corrected chi connectivity index (χ3v) is 4.98. The molecule has 0 spiro atoms. The fourth-order valence-electron chi connectivity index (χ4n) is 3.28. The van der Waals surface area contributed by atoms with Gasteiger partial charge in [0.1, 0.15) is 0 Å². The highest BCUT2D eigenvalue weighted by Crippen LogP contribution is 2.38. The third-order valence-electron chi connectivity index (χ3n) is 4.68. The third kappa shape index (κ3) is 3.73. The molecule has 2 aromatic heterocycles. The van der Waals surface area contributed by atoms with Gasteiger partial charge in [-0.05, 0) is 48.4 Å². The Kier molecular flexibility index (Phi) is 5.07. The number of ether oxygens (including phenoxy) is 1. The van der Waals surface area contributed by atoms with E-state index in [-0.39, 0.29) is 28.6 Å². The van der Waals surface area contributed by atoms with E-state index in [1.54, 1.807) is 17.8 Å². The number of fused-ring (bicyclic) bond motifs is 1. The molecule has 147 valence electrons. The van der Waals surface area contributed by atoms with E-state index in [1.807, 2.05) is 36.5 Å². The average Bonchev–Trinajstić information content (AvgIpc) is 3.22. The molecule has 0 aliphatic carbocycles. The first-order chi connectivity index (χ1) is 13.9. The lowest BCUT2D eigenvalue weighted by Gasteiger charge is -2.16. The van der Waals surface area contributed by atoms with Gasteiger partial charge in [-0.15, -0.1) is 0 Å². The molecule has 4 aromatic rings. The van der Waals surface area contributed by atoms with Crippen molar-refractivity contribution in [1.82, 2.24) is 14.8 Å². The first kappa shape index (κ1) is 19.1. The summed E-state index contributed by atoms with van der Waals surface area (Å²) in [6.45, 7) is -1.36. The SMILES string of the molecule is Cc1c(Cc2ccc(-n3cccn3)cc2)c(OC(F)F)nc2c(Cl)ccc([O])c12. The lowest BCUT2D eigenvalue weighted by atomic mass is 9.97. The van der Waals surface area contributed by atoms with Crippen LogP contribution in [-0.4, -0.2) is 21.4 Å². The minimum absolute atomic E-state index is 0.157. The lowest BCUT2D eigenvalue weighted by molar-refractivity contribution is -0.0532. The molecule has 0 bridgehead atoms. The van der Waals surface area contributed by atoms with Crippen LogP contribution in [0.1, 0.15) is 16.7 Å². The quantitative estimate of drug-likeness (QED) is 0.419. The van der Waals surface area contributed by atoms with E-state index in [0.29, 0.717) is 16.5 Å². The summed E-state index contributed by atoms with van der Waals surface area (Å²) in [5, 5.41) is 17.1. The number of aromatic nitrogens is 3. The molecule has 0 aliphatic heterocycles. The number of benzene rings is 2. The first-order valence-corrected chi connectivity index (χ1v) is 9.14. The fraction of sp³-hybridized carbons (Fsp3) is 0.143. The van der Waals surface area contributed by atoms with E-state index < -0.39 is 6.61 Å². The summed E-state index contributed by atoms with van der Waals surface area (Å²) in [5.74, 6) is -0.498. The molecule has 29 heavy (non-hydrogen) atoms. The summed E-state index contributed by atoms with van der Waals surface area (Å²) in [6.07, 6.45) is 3.76. The molecule has 5 nitrogen and oxygen atoms in total. The zero-order valence-corrected chi connectivity index (χ0v) is 16.0. The van der Waals surface area contributed by atoms with E-state index in [2.05, 4.69) is 14.8 Å². The number of halogens is 3. The summed E-state index contributed by atoms with van der Waals surface area (Å²) >= 11 is 6.14. The van der Waals surface area contributed by atoms with Gasteiger partial charge in [-0.25, -0.2) is 9.67 Å². The maximum absolute atomic E-state index is 13.0. The topological polar surface area (TPSA) is 59.8 Å². The van der Waals surface area contributed by atoms with Gasteiger partial charge in [-0.1, -0.05) is 23.7 Å². The van der Waals surface area contributed by atoms with Crippen molar-refractivity contribution in [3.63, 3.8) is 0 Å². The van der Waals surface area contributed by atoms with E-state index in [1.165, 1.54) is 12.1 Å². The van der Waals surface area contributed by atoms with E-state index in [0.717, 1.165) is 11.3 Å². The second-order valence-electron chi connectivity index (χ2n) is 6.46. The van der Waals surface area contributed by atoms with Crippen molar-refractivity contribution in [3.8, 4) is 17.3 Å². The minimum Gasteiger partial charge on any atom is -0.417 e. The standard InChI is InChI=1S/C21H15ClF2N3O2/c1-12-15(11-13-3-5-14(6-4-13)27-10-2-9-25-27)20(29-21(23)24)26-19-16(22)7-8-17(28)18(12)19/h2-10,21H,11H2,1H3. The summed E-state index contributed by atoms with van der Waals surface area (Å²) < 4.78 is 32.4. The molecule has 0 fully saturated rings. The molecule has 0 amide bonds. The minimum atomic E-state index is -3.05. The molecule has 0 saturated heterocycles. The van der Waals surface area contributed by atoms with Gasteiger partial charge in [0.25, 0.3) is 0 Å². The first-order valence-electron chi connectivity index (χ1n) is 8.76. The molecular weight excluding hydrogens is 400 g/mol. The Bertz CT molecular complexity index is 1160. The van der Waals surface area contributed by atoms with Crippen molar-refractivity contribution in [1.29, 1.82) is 0 Å². The lowest BCUT2D eigenvalue weighted by Crippen LogP contribution is -2.09. The molecule has 0 aliphatic rings. The van der Waals surface area contributed by atoms with Crippen LogP contribution < -0.4 is 4.74 Å². The molecule has 0 atom stereocenters. The number of hydrogen-bond donors (Lipinski definition) is 0. The molecular formula is C21H15ClF2N3O2. The molecule has 4 rings (SSSR count). The van der Waals surface area contributed by atoms with Crippen molar-refractivity contribution in [2.45, 2.75) is 20.0 Å². The second-order valence-corrected chi connectivity index (χ2v) is 6.87. The number of aryl methyl sites for hydroxylation is 1. The van der Waals surface area contributed by atoms with Crippen LogP contribution in [0.5, 0.6) is 11.6 Å². The highest BCUT2D eigenvalue weighted by atomic mass is 35.5. The van der Waals surface area contributed by atoms with E-state index >= 15 is 0 Å². The fourth-order valence-corrected chi connectivity index (χ4v) is 3.48. The van der Waals surface area contributed by atoms with Gasteiger partial charge in [0.2, 0.25) is 5.88 Å². The van der Waals surface area contributed by atoms with Crippen molar-refractivity contribution in [3.05, 3.63) is 76.6 Å². The summed E-state index contributed by atoms with van der Waals surface area (Å²) in [4.78, 5) is 4.14. The Morgan fingerprint density at radius 3 is 2.59 bits per heavy atom. The highest BCUT2D eigenvalue weighted by molar-refractivity contribution is 6.35. The molecule has 8 heteroatoms. The predicted molar refractivity (Wildman–Crippen MR) is 105 cm³/mol. The number of pyridine rings is 1. The number of alkyl halides is 2. The van der Waals surface area contributed by atoms with Gasteiger partial charge in [0, 0.05) is 24.4 Å². The number of rotatable bonds is 5. The van der Waals surface area contributed by atoms with Crippen LogP contribution in [0.25, 0.3) is 16.6 Å². The normalized spacial score (nSPS) is 11.3. The van der Waals surface area contributed by atoms with Crippen LogP contribution >= 0.6 is 11.6 Å².